The molecule has 0 aliphatic rings. The van der Waals surface area contributed by atoms with Crippen molar-refractivity contribution >= 4 is 16.8 Å². The predicted octanol–water partition coefficient (Wildman–Crippen LogP) is 2.49. The van der Waals surface area contributed by atoms with Crippen LogP contribution in [0.5, 0.6) is 0 Å². The Bertz CT molecular complexity index is 1320. The molecule has 0 atom stereocenters. The van der Waals surface area contributed by atoms with Gasteiger partial charge in [-0.25, -0.2) is 14.2 Å². The van der Waals surface area contributed by atoms with Crippen LogP contribution in [0.2, 0.25) is 0 Å². The summed E-state index contributed by atoms with van der Waals surface area (Å²) in [4.78, 5) is 17.9. The van der Waals surface area contributed by atoms with Gasteiger partial charge >= 0.3 is 5.69 Å². The van der Waals surface area contributed by atoms with E-state index in [9.17, 15) is 4.79 Å². The van der Waals surface area contributed by atoms with Gasteiger partial charge in [0.1, 0.15) is 5.52 Å². The van der Waals surface area contributed by atoms with Crippen molar-refractivity contribution in [1.82, 2.24) is 28.7 Å². The average molecular weight is 356 g/mol. The highest BCUT2D eigenvalue weighted by molar-refractivity contribution is 5.87. The van der Waals surface area contributed by atoms with Crippen molar-refractivity contribution in [3.05, 3.63) is 83.0 Å². The summed E-state index contributed by atoms with van der Waals surface area (Å²) in [6.45, 7) is 0.426. The molecule has 0 N–H and O–H groups in total. The first-order chi connectivity index (χ1) is 13.2. The fourth-order valence-corrected chi connectivity index (χ4v) is 3.39. The second-order valence-corrected chi connectivity index (χ2v) is 6.43. The summed E-state index contributed by atoms with van der Waals surface area (Å²) in [6, 6.07) is 19.5. The predicted molar refractivity (Wildman–Crippen MR) is 102 cm³/mol. The Morgan fingerprint density at radius 3 is 2.33 bits per heavy atom. The zero-order chi connectivity index (χ0) is 18.4. The Morgan fingerprint density at radius 2 is 1.59 bits per heavy atom. The highest BCUT2D eigenvalue weighted by Crippen LogP contribution is 2.21. The fourth-order valence-electron chi connectivity index (χ4n) is 3.39. The molecular weight excluding hydrogens is 340 g/mol. The standard InChI is InChI=1S/C20H16N6O/c1-24-13-21-18-16(24)19-23-22-17(15-10-6-3-7-11-15)26(19)20(27)25(18)12-14-8-4-2-5-9-14/h2-11,13H,12H2,1H3. The van der Waals surface area contributed by atoms with Crippen LogP contribution in [0, 0.1) is 0 Å². The monoisotopic (exact) mass is 356 g/mol. The van der Waals surface area contributed by atoms with E-state index in [0.29, 0.717) is 23.7 Å². The molecule has 0 spiro atoms. The molecule has 27 heavy (non-hydrogen) atoms. The van der Waals surface area contributed by atoms with Gasteiger partial charge in [0, 0.05) is 12.6 Å². The Morgan fingerprint density at radius 1 is 0.889 bits per heavy atom. The fraction of sp³-hybridized carbons (Fsp3) is 0.100. The van der Waals surface area contributed by atoms with Crippen LogP contribution in [-0.4, -0.2) is 28.7 Å². The number of benzene rings is 2. The van der Waals surface area contributed by atoms with E-state index in [2.05, 4.69) is 15.2 Å². The van der Waals surface area contributed by atoms with Crippen molar-refractivity contribution in [2.75, 3.05) is 0 Å². The summed E-state index contributed by atoms with van der Waals surface area (Å²) in [7, 11) is 1.89. The van der Waals surface area contributed by atoms with Gasteiger partial charge in [-0.1, -0.05) is 60.7 Å². The molecule has 3 heterocycles. The number of hydrogen-bond acceptors (Lipinski definition) is 4. The molecule has 7 heteroatoms. The van der Waals surface area contributed by atoms with Crippen LogP contribution < -0.4 is 5.69 Å². The number of aryl methyl sites for hydroxylation is 1. The summed E-state index contributed by atoms with van der Waals surface area (Å²) < 4.78 is 5.12. The zero-order valence-electron chi connectivity index (χ0n) is 14.6. The molecule has 0 aliphatic heterocycles. The molecule has 0 aliphatic carbocycles. The lowest BCUT2D eigenvalue weighted by Crippen LogP contribution is -2.28. The lowest BCUT2D eigenvalue weighted by atomic mass is 10.2. The van der Waals surface area contributed by atoms with Gasteiger partial charge in [-0.15, -0.1) is 10.2 Å². The number of imidazole rings is 1. The molecule has 0 radical (unpaired) electrons. The number of fused-ring (bicyclic) bond motifs is 3. The lowest BCUT2D eigenvalue weighted by Gasteiger charge is -2.09. The smallest absolute Gasteiger partial charge is 0.329 e. The normalized spacial score (nSPS) is 11.4. The summed E-state index contributed by atoms with van der Waals surface area (Å²) >= 11 is 0. The molecule has 0 fully saturated rings. The largest absolute Gasteiger partial charge is 0.337 e. The van der Waals surface area contributed by atoms with Gasteiger partial charge in [0.15, 0.2) is 17.1 Å². The maximum atomic E-state index is 13.4. The Labute approximate surface area is 154 Å². The number of nitrogens with zero attached hydrogens (tertiary/aromatic N) is 6. The Hall–Kier alpha value is -3.74. The van der Waals surface area contributed by atoms with Crippen molar-refractivity contribution in [3.63, 3.8) is 0 Å². The van der Waals surface area contributed by atoms with Crippen molar-refractivity contribution in [2.24, 2.45) is 7.05 Å². The quantitative estimate of drug-likeness (QED) is 0.498. The minimum absolute atomic E-state index is 0.205. The van der Waals surface area contributed by atoms with E-state index in [1.165, 1.54) is 0 Å². The lowest BCUT2D eigenvalue weighted by molar-refractivity contribution is 0.740. The third-order valence-corrected chi connectivity index (χ3v) is 4.69. The van der Waals surface area contributed by atoms with Crippen LogP contribution in [0.3, 0.4) is 0 Å². The van der Waals surface area contributed by atoms with Gasteiger partial charge in [-0.05, 0) is 5.56 Å². The van der Waals surface area contributed by atoms with Crippen molar-refractivity contribution < 1.29 is 0 Å². The maximum Gasteiger partial charge on any atom is 0.337 e. The SMILES string of the molecule is Cn1cnc2c1c1nnc(-c3ccccc3)n1c(=O)n2Cc1ccccc1. The molecule has 0 bridgehead atoms. The second-order valence-electron chi connectivity index (χ2n) is 6.43. The number of rotatable bonds is 3. The van der Waals surface area contributed by atoms with Gasteiger partial charge in [0.05, 0.1) is 12.9 Å². The van der Waals surface area contributed by atoms with Crippen LogP contribution >= 0.6 is 0 Å². The first-order valence-electron chi connectivity index (χ1n) is 8.62. The van der Waals surface area contributed by atoms with Crippen LogP contribution in [-0.2, 0) is 13.6 Å². The zero-order valence-corrected chi connectivity index (χ0v) is 14.6. The van der Waals surface area contributed by atoms with Crippen molar-refractivity contribution in [1.29, 1.82) is 0 Å². The Balaban J connectivity index is 1.86. The number of aromatic nitrogens is 6. The van der Waals surface area contributed by atoms with Gasteiger partial charge < -0.3 is 4.57 Å². The molecule has 0 saturated heterocycles. The maximum absolute atomic E-state index is 13.4. The average Bonchev–Trinajstić information content (AvgIpc) is 3.30. The van der Waals surface area contributed by atoms with Crippen molar-refractivity contribution in [2.45, 2.75) is 6.54 Å². The summed E-state index contributed by atoms with van der Waals surface area (Å²) in [6.07, 6.45) is 1.70. The molecule has 5 rings (SSSR count). The van der Waals surface area contributed by atoms with Crippen molar-refractivity contribution in [3.8, 4) is 11.4 Å². The van der Waals surface area contributed by atoms with E-state index in [0.717, 1.165) is 16.6 Å². The van der Waals surface area contributed by atoms with E-state index in [-0.39, 0.29) is 5.69 Å². The minimum atomic E-state index is -0.205. The van der Waals surface area contributed by atoms with E-state index >= 15 is 0 Å². The van der Waals surface area contributed by atoms with Gasteiger partial charge in [-0.2, -0.15) is 0 Å². The molecule has 5 aromatic rings. The molecule has 132 valence electrons. The summed E-state index contributed by atoms with van der Waals surface area (Å²) in [5.74, 6) is 0.528. The summed E-state index contributed by atoms with van der Waals surface area (Å²) in [5.41, 5.74) is 3.56. The highest BCUT2D eigenvalue weighted by Gasteiger charge is 2.20. The molecule has 7 nitrogen and oxygen atoms in total. The molecule has 2 aromatic carbocycles. The molecule has 3 aromatic heterocycles. The van der Waals surface area contributed by atoms with E-state index < -0.39 is 0 Å². The molecule has 0 saturated carbocycles. The van der Waals surface area contributed by atoms with Gasteiger partial charge in [0.25, 0.3) is 0 Å². The van der Waals surface area contributed by atoms with E-state index in [1.54, 1.807) is 15.3 Å². The van der Waals surface area contributed by atoms with Gasteiger partial charge in [-0.3, -0.25) is 4.57 Å². The Kier molecular flexibility index (Phi) is 3.39. The van der Waals surface area contributed by atoms with Crippen LogP contribution in [0.4, 0.5) is 0 Å². The molecule has 0 amide bonds. The first-order valence-corrected chi connectivity index (χ1v) is 8.62. The van der Waals surface area contributed by atoms with Crippen LogP contribution in [0.15, 0.2) is 71.8 Å². The summed E-state index contributed by atoms with van der Waals surface area (Å²) in [5, 5.41) is 8.61. The molecular formula is C20H16N6O. The molecule has 0 unspecified atom stereocenters. The third kappa shape index (κ3) is 2.36. The van der Waals surface area contributed by atoms with E-state index in [1.807, 2.05) is 72.3 Å². The number of hydrogen-bond donors (Lipinski definition) is 0. The first kappa shape index (κ1) is 15.5. The van der Waals surface area contributed by atoms with E-state index in [4.69, 9.17) is 0 Å². The van der Waals surface area contributed by atoms with Gasteiger partial charge in [0.2, 0.25) is 0 Å². The van der Waals surface area contributed by atoms with Crippen LogP contribution in [0.1, 0.15) is 5.56 Å². The second kappa shape index (κ2) is 5.91. The van der Waals surface area contributed by atoms with Crippen LogP contribution in [0.25, 0.3) is 28.2 Å². The highest BCUT2D eigenvalue weighted by atomic mass is 16.1. The topological polar surface area (TPSA) is 70.0 Å². The minimum Gasteiger partial charge on any atom is -0.329 e. The third-order valence-electron chi connectivity index (χ3n) is 4.69.